The molecule has 98 valence electrons. The maximum Gasteiger partial charge on any atom is 0.416 e. The molecule has 0 radical (unpaired) electrons. The van der Waals surface area contributed by atoms with Gasteiger partial charge in [-0.15, -0.1) is 0 Å². The number of carbonyl (C=O) groups excluding carboxylic acids is 1. The molecule has 0 saturated carbocycles. The lowest BCUT2D eigenvalue weighted by Gasteiger charge is -2.21. The lowest BCUT2D eigenvalue weighted by atomic mass is 9.92. The van der Waals surface area contributed by atoms with E-state index in [1.165, 1.54) is 12.1 Å². The van der Waals surface area contributed by atoms with Crippen molar-refractivity contribution in [2.45, 2.75) is 19.0 Å². The molecular formula is C13H13F3O2. The number of benzene rings is 1. The minimum Gasteiger partial charge on any atom is -0.380 e. The van der Waals surface area contributed by atoms with E-state index in [4.69, 9.17) is 4.74 Å². The standard InChI is InChI=1S/C13H13F3O2/c14-13(15,16)11-3-1-9(2-4-11)7-10-8-18-6-5-12(10)17/h1-4,10H,5-8H2. The molecular weight excluding hydrogens is 245 g/mol. The fourth-order valence-electron chi connectivity index (χ4n) is 1.98. The molecule has 2 rings (SSSR count). The highest BCUT2D eigenvalue weighted by Gasteiger charge is 2.30. The third-order valence-electron chi connectivity index (χ3n) is 3.03. The van der Waals surface area contributed by atoms with Crippen LogP contribution in [0.5, 0.6) is 0 Å². The van der Waals surface area contributed by atoms with Crippen LogP contribution in [0, 0.1) is 5.92 Å². The summed E-state index contributed by atoms with van der Waals surface area (Å²) < 4.78 is 42.3. The minimum absolute atomic E-state index is 0.126. The zero-order chi connectivity index (χ0) is 13.2. The maximum absolute atomic E-state index is 12.4. The highest BCUT2D eigenvalue weighted by molar-refractivity contribution is 5.82. The van der Waals surface area contributed by atoms with E-state index in [-0.39, 0.29) is 11.7 Å². The zero-order valence-electron chi connectivity index (χ0n) is 9.67. The van der Waals surface area contributed by atoms with Crippen LogP contribution in [0.3, 0.4) is 0 Å². The molecule has 1 heterocycles. The van der Waals surface area contributed by atoms with Gasteiger partial charge in [0.1, 0.15) is 5.78 Å². The first-order valence-electron chi connectivity index (χ1n) is 5.73. The summed E-state index contributed by atoms with van der Waals surface area (Å²) in [6.45, 7) is 0.808. The van der Waals surface area contributed by atoms with Gasteiger partial charge in [-0.2, -0.15) is 13.2 Å². The van der Waals surface area contributed by atoms with Crippen LogP contribution in [0.25, 0.3) is 0 Å². The molecule has 0 N–H and O–H groups in total. The van der Waals surface area contributed by atoms with Gasteiger partial charge in [0.25, 0.3) is 0 Å². The lowest BCUT2D eigenvalue weighted by molar-refractivity contribution is -0.137. The Morgan fingerprint density at radius 3 is 2.44 bits per heavy atom. The number of carbonyl (C=O) groups is 1. The van der Waals surface area contributed by atoms with Gasteiger partial charge in [0.15, 0.2) is 0 Å². The van der Waals surface area contributed by atoms with E-state index in [2.05, 4.69) is 0 Å². The van der Waals surface area contributed by atoms with Gasteiger partial charge in [-0.05, 0) is 24.1 Å². The summed E-state index contributed by atoms with van der Waals surface area (Å²) in [5.41, 5.74) is 0.0596. The van der Waals surface area contributed by atoms with Gasteiger partial charge < -0.3 is 4.74 Å². The molecule has 1 atom stereocenters. The average molecular weight is 258 g/mol. The first-order valence-corrected chi connectivity index (χ1v) is 5.73. The molecule has 18 heavy (non-hydrogen) atoms. The normalized spacial score (nSPS) is 21.1. The number of hydrogen-bond acceptors (Lipinski definition) is 2. The lowest BCUT2D eigenvalue weighted by Crippen LogP contribution is -2.29. The summed E-state index contributed by atoms with van der Waals surface area (Å²) in [7, 11) is 0. The van der Waals surface area contributed by atoms with Gasteiger partial charge in [-0.25, -0.2) is 0 Å². The first-order chi connectivity index (χ1) is 8.47. The van der Waals surface area contributed by atoms with Crippen molar-refractivity contribution in [2.24, 2.45) is 5.92 Å². The van der Waals surface area contributed by atoms with Crippen molar-refractivity contribution < 1.29 is 22.7 Å². The van der Waals surface area contributed by atoms with Gasteiger partial charge in [-0.1, -0.05) is 12.1 Å². The van der Waals surface area contributed by atoms with Crippen molar-refractivity contribution in [1.82, 2.24) is 0 Å². The van der Waals surface area contributed by atoms with Gasteiger partial charge in [0.05, 0.1) is 18.8 Å². The van der Waals surface area contributed by atoms with E-state index in [1.807, 2.05) is 0 Å². The van der Waals surface area contributed by atoms with Crippen LogP contribution >= 0.6 is 0 Å². The molecule has 1 unspecified atom stereocenters. The summed E-state index contributed by atoms with van der Waals surface area (Å²) in [5.74, 6) is -0.100. The molecule has 0 bridgehead atoms. The smallest absolute Gasteiger partial charge is 0.380 e. The van der Waals surface area contributed by atoms with Crippen LogP contribution in [0.1, 0.15) is 17.5 Å². The van der Waals surface area contributed by atoms with Crippen molar-refractivity contribution in [3.63, 3.8) is 0 Å². The highest BCUT2D eigenvalue weighted by Crippen LogP contribution is 2.29. The van der Waals surface area contributed by atoms with Crippen molar-refractivity contribution in [2.75, 3.05) is 13.2 Å². The Morgan fingerprint density at radius 2 is 1.89 bits per heavy atom. The molecule has 1 aromatic rings. The topological polar surface area (TPSA) is 26.3 Å². The summed E-state index contributed by atoms with van der Waals surface area (Å²) in [6, 6.07) is 4.93. The Bertz CT molecular complexity index is 423. The molecule has 0 aliphatic carbocycles. The summed E-state index contributed by atoms with van der Waals surface area (Å²) in [6.07, 6.45) is -3.48. The molecule has 0 aromatic heterocycles. The maximum atomic E-state index is 12.4. The SMILES string of the molecule is O=C1CCOCC1Cc1ccc(C(F)(F)F)cc1. The minimum atomic E-state index is -4.32. The second-order valence-electron chi connectivity index (χ2n) is 4.39. The summed E-state index contributed by atoms with van der Waals surface area (Å²) >= 11 is 0. The highest BCUT2D eigenvalue weighted by atomic mass is 19.4. The van der Waals surface area contributed by atoms with Crippen molar-refractivity contribution >= 4 is 5.78 Å². The van der Waals surface area contributed by atoms with Crippen LogP contribution in [0.2, 0.25) is 0 Å². The number of alkyl halides is 3. The first kappa shape index (κ1) is 13.1. The number of halogens is 3. The van der Waals surface area contributed by atoms with Gasteiger partial charge >= 0.3 is 6.18 Å². The van der Waals surface area contributed by atoms with E-state index in [1.54, 1.807) is 0 Å². The molecule has 0 amide bonds. The monoisotopic (exact) mass is 258 g/mol. The number of Topliss-reactive ketones (excluding diaryl/α,β-unsaturated/α-hetero) is 1. The van der Waals surface area contributed by atoms with E-state index in [9.17, 15) is 18.0 Å². The van der Waals surface area contributed by atoms with E-state index in [0.29, 0.717) is 26.1 Å². The third-order valence-corrected chi connectivity index (χ3v) is 3.03. The zero-order valence-corrected chi connectivity index (χ0v) is 9.67. The molecule has 1 aliphatic heterocycles. The van der Waals surface area contributed by atoms with Crippen LogP contribution in [0.15, 0.2) is 24.3 Å². The van der Waals surface area contributed by atoms with Gasteiger partial charge in [0.2, 0.25) is 0 Å². The second-order valence-corrected chi connectivity index (χ2v) is 4.39. The Hall–Kier alpha value is -1.36. The van der Waals surface area contributed by atoms with E-state index < -0.39 is 11.7 Å². The molecule has 1 fully saturated rings. The fraction of sp³-hybridized carbons (Fsp3) is 0.462. The Morgan fingerprint density at radius 1 is 1.22 bits per heavy atom. The second kappa shape index (κ2) is 5.10. The van der Waals surface area contributed by atoms with Gasteiger partial charge in [-0.3, -0.25) is 4.79 Å². The molecule has 2 nitrogen and oxygen atoms in total. The summed E-state index contributed by atoms with van der Waals surface area (Å²) in [5, 5.41) is 0. The van der Waals surface area contributed by atoms with Crippen LogP contribution in [0.4, 0.5) is 13.2 Å². The number of ether oxygens (including phenoxy) is 1. The van der Waals surface area contributed by atoms with Crippen LogP contribution in [-0.2, 0) is 22.1 Å². The van der Waals surface area contributed by atoms with Crippen molar-refractivity contribution in [1.29, 1.82) is 0 Å². The average Bonchev–Trinajstić information content (AvgIpc) is 2.32. The van der Waals surface area contributed by atoms with Crippen LogP contribution in [-0.4, -0.2) is 19.0 Å². The van der Waals surface area contributed by atoms with Crippen LogP contribution < -0.4 is 0 Å². The van der Waals surface area contributed by atoms with E-state index in [0.717, 1.165) is 17.7 Å². The van der Waals surface area contributed by atoms with Crippen molar-refractivity contribution in [3.8, 4) is 0 Å². The Balaban J connectivity index is 2.04. The predicted molar refractivity (Wildman–Crippen MR) is 59.1 cm³/mol. The van der Waals surface area contributed by atoms with Crippen molar-refractivity contribution in [3.05, 3.63) is 35.4 Å². The molecule has 5 heteroatoms. The predicted octanol–water partition coefficient (Wildman–Crippen LogP) is 2.85. The molecule has 0 spiro atoms. The number of hydrogen-bond donors (Lipinski definition) is 0. The van der Waals surface area contributed by atoms with Gasteiger partial charge in [0, 0.05) is 12.3 Å². The quantitative estimate of drug-likeness (QED) is 0.815. The summed E-state index contributed by atoms with van der Waals surface area (Å²) in [4.78, 5) is 11.6. The van der Waals surface area contributed by atoms with E-state index >= 15 is 0 Å². The Labute approximate surface area is 103 Å². The number of rotatable bonds is 2. The number of ketones is 1. The Kier molecular flexibility index (Phi) is 3.71. The largest absolute Gasteiger partial charge is 0.416 e. The third kappa shape index (κ3) is 3.10. The molecule has 1 aromatic carbocycles. The molecule has 1 aliphatic rings. The molecule has 1 saturated heterocycles. The fourth-order valence-corrected chi connectivity index (χ4v) is 1.98.